The molecular formula is C14H8F3NO4. The van der Waals surface area contributed by atoms with E-state index < -0.39 is 28.3 Å². The third-order valence-corrected chi connectivity index (χ3v) is 2.94. The SMILES string of the molecule is O=C(O)c1ccc(-c2cccc(C(F)(F)F)c2)c([N+](=O)[O-])c1. The first-order valence-electron chi connectivity index (χ1n) is 5.89. The average molecular weight is 311 g/mol. The number of aromatic carboxylic acids is 1. The molecule has 0 heterocycles. The lowest BCUT2D eigenvalue weighted by atomic mass is 9.99. The van der Waals surface area contributed by atoms with Gasteiger partial charge in [0.25, 0.3) is 5.69 Å². The summed E-state index contributed by atoms with van der Waals surface area (Å²) in [4.78, 5) is 21.0. The predicted octanol–water partition coefficient (Wildman–Crippen LogP) is 3.98. The molecule has 0 aliphatic carbocycles. The first kappa shape index (κ1) is 15.5. The third-order valence-electron chi connectivity index (χ3n) is 2.94. The average Bonchev–Trinajstić information content (AvgIpc) is 2.45. The Morgan fingerprint density at radius 1 is 1.14 bits per heavy atom. The maximum Gasteiger partial charge on any atom is 0.416 e. The van der Waals surface area contributed by atoms with E-state index in [1.165, 1.54) is 6.07 Å². The predicted molar refractivity (Wildman–Crippen MR) is 70.5 cm³/mol. The second kappa shape index (κ2) is 5.47. The summed E-state index contributed by atoms with van der Waals surface area (Å²) in [6.45, 7) is 0. The highest BCUT2D eigenvalue weighted by Crippen LogP contribution is 2.35. The zero-order valence-corrected chi connectivity index (χ0v) is 10.8. The number of carboxylic acids is 1. The molecule has 0 radical (unpaired) electrons. The van der Waals surface area contributed by atoms with Crippen LogP contribution in [0.1, 0.15) is 15.9 Å². The van der Waals surface area contributed by atoms with Gasteiger partial charge in [-0.15, -0.1) is 0 Å². The summed E-state index contributed by atoms with van der Waals surface area (Å²) in [6, 6.07) is 7.09. The van der Waals surface area contributed by atoms with E-state index in [-0.39, 0.29) is 16.7 Å². The van der Waals surface area contributed by atoms with Crippen LogP contribution in [0.3, 0.4) is 0 Å². The molecule has 0 aliphatic rings. The molecule has 0 fully saturated rings. The molecular weight excluding hydrogens is 303 g/mol. The van der Waals surface area contributed by atoms with Crippen LogP contribution in [0.15, 0.2) is 42.5 Å². The lowest BCUT2D eigenvalue weighted by molar-refractivity contribution is -0.384. The van der Waals surface area contributed by atoms with Crippen LogP contribution >= 0.6 is 0 Å². The fraction of sp³-hybridized carbons (Fsp3) is 0.0714. The summed E-state index contributed by atoms with van der Waals surface area (Å²) < 4.78 is 38.1. The van der Waals surface area contributed by atoms with Crippen LogP contribution in [0.25, 0.3) is 11.1 Å². The van der Waals surface area contributed by atoms with Crippen molar-refractivity contribution in [1.82, 2.24) is 0 Å². The van der Waals surface area contributed by atoms with Gasteiger partial charge in [-0.1, -0.05) is 12.1 Å². The van der Waals surface area contributed by atoms with Gasteiger partial charge in [-0.2, -0.15) is 13.2 Å². The number of nitrogens with zero attached hydrogens (tertiary/aromatic N) is 1. The fourth-order valence-corrected chi connectivity index (χ4v) is 1.92. The number of benzene rings is 2. The van der Waals surface area contributed by atoms with Gasteiger partial charge in [0.15, 0.2) is 0 Å². The highest BCUT2D eigenvalue weighted by atomic mass is 19.4. The van der Waals surface area contributed by atoms with Crippen LogP contribution in [0.2, 0.25) is 0 Å². The van der Waals surface area contributed by atoms with Crippen LogP contribution < -0.4 is 0 Å². The maximum atomic E-state index is 12.7. The number of carbonyl (C=O) groups is 1. The molecule has 8 heteroatoms. The monoisotopic (exact) mass is 311 g/mol. The van der Waals surface area contributed by atoms with Gasteiger partial charge in [0.05, 0.1) is 21.6 Å². The highest BCUT2D eigenvalue weighted by Gasteiger charge is 2.31. The van der Waals surface area contributed by atoms with Crippen molar-refractivity contribution < 1.29 is 28.0 Å². The molecule has 2 rings (SSSR count). The lowest BCUT2D eigenvalue weighted by Gasteiger charge is -2.09. The molecule has 2 aromatic rings. The Balaban J connectivity index is 2.62. The van der Waals surface area contributed by atoms with Crippen molar-refractivity contribution in [3.63, 3.8) is 0 Å². The van der Waals surface area contributed by atoms with Gasteiger partial charge in [-0.05, 0) is 29.8 Å². The van der Waals surface area contributed by atoms with Crippen molar-refractivity contribution in [3.05, 3.63) is 63.7 Å². The number of alkyl halides is 3. The van der Waals surface area contributed by atoms with E-state index in [2.05, 4.69) is 0 Å². The van der Waals surface area contributed by atoms with E-state index in [1.54, 1.807) is 0 Å². The summed E-state index contributed by atoms with van der Waals surface area (Å²) in [5.74, 6) is -1.36. The van der Waals surface area contributed by atoms with Crippen LogP contribution in [0, 0.1) is 10.1 Å². The van der Waals surface area contributed by atoms with Gasteiger partial charge >= 0.3 is 12.1 Å². The van der Waals surface area contributed by atoms with Gasteiger partial charge in [-0.3, -0.25) is 10.1 Å². The molecule has 0 spiro atoms. The molecule has 2 aromatic carbocycles. The van der Waals surface area contributed by atoms with Gasteiger partial charge in [0.1, 0.15) is 0 Å². The number of hydrogen-bond donors (Lipinski definition) is 1. The molecule has 0 saturated heterocycles. The number of halogens is 3. The zero-order chi connectivity index (χ0) is 16.5. The first-order chi connectivity index (χ1) is 10.2. The van der Waals surface area contributed by atoms with Gasteiger partial charge in [0.2, 0.25) is 0 Å². The summed E-state index contributed by atoms with van der Waals surface area (Å²) in [7, 11) is 0. The van der Waals surface area contributed by atoms with E-state index in [4.69, 9.17) is 5.11 Å². The molecule has 114 valence electrons. The Labute approximate surface area is 121 Å². The normalized spacial score (nSPS) is 11.2. The lowest BCUT2D eigenvalue weighted by Crippen LogP contribution is -2.05. The zero-order valence-electron chi connectivity index (χ0n) is 10.8. The Hall–Kier alpha value is -2.90. The van der Waals surface area contributed by atoms with E-state index in [0.29, 0.717) is 0 Å². The van der Waals surface area contributed by atoms with E-state index in [0.717, 1.165) is 36.4 Å². The van der Waals surface area contributed by atoms with Gasteiger partial charge in [0, 0.05) is 6.07 Å². The number of nitro groups is 1. The summed E-state index contributed by atoms with van der Waals surface area (Å²) in [5.41, 5.74) is -1.93. The van der Waals surface area contributed by atoms with Crippen molar-refractivity contribution >= 4 is 11.7 Å². The smallest absolute Gasteiger partial charge is 0.416 e. The van der Waals surface area contributed by atoms with E-state index in [9.17, 15) is 28.1 Å². The Morgan fingerprint density at radius 3 is 2.36 bits per heavy atom. The van der Waals surface area contributed by atoms with Crippen LogP contribution in [-0.2, 0) is 6.18 Å². The molecule has 0 atom stereocenters. The maximum absolute atomic E-state index is 12.7. The van der Waals surface area contributed by atoms with Crippen molar-refractivity contribution in [2.45, 2.75) is 6.18 Å². The quantitative estimate of drug-likeness (QED) is 0.686. The van der Waals surface area contributed by atoms with Crippen LogP contribution in [-0.4, -0.2) is 16.0 Å². The van der Waals surface area contributed by atoms with E-state index >= 15 is 0 Å². The second-order valence-electron chi connectivity index (χ2n) is 4.37. The second-order valence-corrected chi connectivity index (χ2v) is 4.37. The summed E-state index contributed by atoms with van der Waals surface area (Å²) in [6.07, 6.45) is -4.58. The molecule has 0 bridgehead atoms. The molecule has 0 aromatic heterocycles. The Kier molecular flexibility index (Phi) is 3.85. The number of carboxylic acid groups (broad SMARTS) is 1. The van der Waals surface area contributed by atoms with Gasteiger partial charge in [-0.25, -0.2) is 4.79 Å². The molecule has 1 N–H and O–H groups in total. The molecule has 0 saturated carbocycles. The summed E-state index contributed by atoms with van der Waals surface area (Å²) in [5, 5.41) is 19.9. The van der Waals surface area contributed by atoms with Crippen molar-refractivity contribution in [3.8, 4) is 11.1 Å². The number of rotatable bonds is 3. The number of nitro benzene ring substituents is 1. The van der Waals surface area contributed by atoms with Crippen molar-refractivity contribution in [2.24, 2.45) is 0 Å². The minimum absolute atomic E-state index is 0.0153. The molecule has 22 heavy (non-hydrogen) atoms. The van der Waals surface area contributed by atoms with Crippen molar-refractivity contribution in [2.75, 3.05) is 0 Å². The number of hydrogen-bond acceptors (Lipinski definition) is 3. The molecule has 0 aliphatic heterocycles. The first-order valence-corrected chi connectivity index (χ1v) is 5.89. The molecule has 0 unspecified atom stereocenters. The van der Waals surface area contributed by atoms with Gasteiger partial charge < -0.3 is 5.11 Å². The summed E-state index contributed by atoms with van der Waals surface area (Å²) >= 11 is 0. The molecule has 0 amide bonds. The third kappa shape index (κ3) is 3.05. The topological polar surface area (TPSA) is 80.4 Å². The van der Waals surface area contributed by atoms with E-state index in [1.807, 2.05) is 0 Å². The standard InChI is InChI=1S/C14H8F3NO4/c15-14(16,17)10-3-1-2-8(6-10)11-5-4-9(13(19)20)7-12(11)18(21)22/h1-7H,(H,19,20). The molecule has 5 nitrogen and oxygen atoms in total. The van der Waals surface area contributed by atoms with Crippen LogP contribution in [0.4, 0.5) is 18.9 Å². The Bertz CT molecular complexity index is 756. The minimum atomic E-state index is -4.58. The van der Waals surface area contributed by atoms with Crippen molar-refractivity contribution in [1.29, 1.82) is 0 Å². The highest BCUT2D eigenvalue weighted by molar-refractivity contribution is 5.90. The Morgan fingerprint density at radius 2 is 1.82 bits per heavy atom. The largest absolute Gasteiger partial charge is 0.478 e. The minimum Gasteiger partial charge on any atom is -0.478 e. The van der Waals surface area contributed by atoms with Crippen LogP contribution in [0.5, 0.6) is 0 Å². The fourth-order valence-electron chi connectivity index (χ4n) is 1.92.